The molecule has 1 aliphatic carbocycles. The van der Waals surface area contributed by atoms with E-state index in [-0.39, 0.29) is 0 Å². The number of benzene rings is 1. The molecular formula is C15H19N3. The Morgan fingerprint density at radius 3 is 2.94 bits per heavy atom. The Morgan fingerprint density at radius 2 is 2.17 bits per heavy atom. The maximum atomic E-state index is 5.86. The second-order valence-electron chi connectivity index (χ2n) is 5.25. The molecule has 3 heteroatoms. The molecule has 1 aliphatic rings. The van der Waals surface area contributed by atoms with Gasteiger partial charge in [-0.15, -0.1) is 0 Å². The van der Waals surface area contributed by atoms with Gasteiger partial charge in [0.2, 0.25) is 0 Å². The summed E-state index contributed by atoms with van der Waals surface area (Å²) in [5.74, 6) is 0.955. The van der Waals surface area contributed by atoms with Crippen molar-refractivity contribution in [2.45, 2.75) is 26.2 Å². The van der Waals surface area contributed by atoms with Gasteiger partial charge in [0.05, 0.1) is 5.52 Å². The van der Waals surface area contributed by atoms with E-state index in [2.05, 4.69) is 16.4 Å². The summed E-state index contributed by atoms with van der Waals surface area (Å²) in [6.45, 7) is 3.07. The van der Waals surface area contributed by atoms with Gasteiger partial charge in [-0.05, 0) is 43.5 Å². The second-order valence-corrected chi connectivity index (χ2v) is 5.25. The van der Waals surface area contributed by atoms with E-state index in [9.17, 15) is 0 Å². The Bertz CT molecular complexity index is 573. The molecule has 1 fully saturated rings. The van der Waals surface area contributed by atoms with Crippen LogP contribution in [0.25, 0.3) is 10.9 Å². The highest BCUT2D eigenvalue weighted by atomic mass is 14.9. The summed E-state index contributed by atoms with van der Waals surface area (Å²) < 4.78 is 0. The van der Waals surface area contributed by atoms with Crippen LogP contribution in [0.4, 0.5) is 11.4 Å². The summed E-state index contributed by atoms with van der Waals surface area (Å²) in [6, 6.07) is 8.00. The molecule has 1 heterocycles. The molecule has 0 atom stereocenters. The molecule has 3 N–H and O–H groups in total. The molecule has 18 heavy (non-hydrogen) atoms. The molecule has 0 unspecified atom stereocenters. The Labute approximate surface area is 107 Å². The van der Waals surface area contributed by atoms with Gasteiger partial charge >= 0.3 is 0 Å². The smallest absolute Gasteiger partial charge is 0.0727 e. The maximum Gasteiger partial charge on any atom is 0.0727 e. The minimum Gasteiger partial charge on any atom is -0.399 e. The summed E-state index contributed by atoms with van der Waals surface area (Å²) in [6.07, 6.45) is 4.08. The molecule has 94 valence electrons. The zero-order valence-electron chi connectivity index (χ0n) is 10.7. The van der Waals surface area contributed by atoms with Crippen molar-refractivity contribution in [2.75, 3.05) is 17.6 Å². The molecule has 3 rings (SSSR count). The van der Waals surface area contributed by atoms with Gasteiger partial charge in [-0.3, -0.25) is 4.98 Å². The van der Waals surface area contributed by atoms with Crippen LogP contribution < -0.4 is 11.1 Å². The Hall–Kier alpha value is -1.77. The van der Waals surface area contributed by atoms with Crippen LogP contribution in [0.3, 0.4) is 0 Å². The van der Waals surface area contributed by atoms with Gasteiger partial charge in [0, 0.05) is 29.0 Å². The highest BCUT2D eigenvalue weighted by Crippen LogP contribution is 2.32. The van der Waals surface area contributed by atoms with Gasteiger partial charge < -0.3 is 11.1 Å². The lowest BCUT2D eigenvalue weighted by Gasteiger charge is -2.11. The Kier molecular flexibility index (Phi) is 2.82. The molecule has 2 aromatic rings. The van der Waals surface area contributed by atoms with Crippen molar-refractivity contribution in [3.63, 3.8) is 0 Å². The number of hydrogen-bond donors (Lipinski definition) is 2. The van der Waals surface area contributed by atoms with Gasteiger partial charge in [-0.2, -0.15) is 0 Å². The minimum absolute atomic E-state index is 0.790. The van der Waals surface area contributed by atoms with Gasteiger partial charge in [0.15, 0.2) is 0 Å². The standard InChI is InChI=1S/C15H19N3/c1-10-8-15(17-7-6-11-2-3-11)13-9-12(16)4-5-14(13)18-10/h4-5,8-9,11H,2-3,6-7,16H2,1H3,(H,17,18). The van der Waals surface area contributed by atoms with E-state index >= 15 is 0 Å². The number of hydrogen-bond acceptors (Lipinski definition) is 3. The minimum atomic E-state index is 0.790. The van der Waals surface area contributed by atoms with E-state index in [1.807, 2.05) is 25.1 Å². The average molecular weight is 241 g/mol. The lowest BCUT2D eigenvalue weighted by Crippen LogP contribution is -2.04. The number of nitrogens with one attached hydrogen (secondary N) is 1. The van der Waals surface area contributed by atoms with Crippen LogP contribution in [-0.2, 0) is 0 Å². The van der Waals surface area contributed by atoms with Crippen molar-refractivity contribution >= 4 is 22.3 Å². The number of fused-ring (bicyclic) bond motifs is 1. The van der Waals surface area contributed by atoms with Crippen LogP contribution >= 0.6 is 0 Å². The molecule has 0 aliphatic heterocycles. The van der Waals surface area contributed by atoms with Gasteiger partial charge in [0.1, 0.15) is 0 Å². The van der Waals surface area contributed by atoms with Crippen molar-refractivity contribution in [3.8, 4) is 0 Å². The molecule has 1 aromatic heterocycles. The first-order valence-electron chi connectivity index (χ1n) is 6.63. The Morgan fingerprint density at radius 1 is 1.33 bits per heavy atom. The highest BCUT2D eigenvalue weighted by Gasteiger charge is 2.20. The Balaban J connectivity index is 1.89. The van der Waals surface area contributed by atoms with Crippen LogP contribution in [0.1, 0.15) is 25.0 Å². The molecule has 1 aromatic carbocycles. The number of nitrogens with two attached hydrogens (primary N) is 1. The van der Waals surface area contributed by atoms with Gasteiger partial charge in [0.25, 0.3) is 0 Å². The van der Waals surface area contributed by atoms with Crippen LogP contribution in [0.2, 0.25) is 0 Å². The number of rotatable bonds is 4. The molecular weight excluding hydrogens is 222 g/mol. The summed E-state index contributed by atoms with van der Waals surface area (Å²) in [7, 11) is 0. The molecule has 1 saturated carbocycles. The van der Waals surface area contributed by atoms with Crippen LogP contribution in [0, 0.1) is 12.8 Å². The summed E-state index contributed by atoms with van der Waals surface area (Å²) in [4.78, 5) is 4.54. The third-order valence-electron chi connectivity index (χ3n) is 3.53. The maximum absolute atomic E-state index is 5.86. The van der Waals surface area contributed by atoms with Crippen molar-refractivity contribution < 1.29 is 0 Å². The molecule has 0 radical (unpaired) electrons. The van der Waals surface area contributed by atoms with Crippen molar-refractivity contribution in [1.82, 2.24) is 4.98 Å². The van der Waals surface area contributed by atoms with Crippen LogP contribution in [0.5, 0.6) is 0 Å². The van der Waals surface area contributed by atoms with Crippen molar-refractivity contribution in [1.29, 1.82) is 0 Å². The molecule has 0 saturated heterocycles. The monoisotopic (exact) mass is 241 g/mol. The average Bonchev–Trinajstić information content (AvgIpc) is 3.14. The SMILES string of the molecule is Cc1cc(NCCC2CC2)c2cc(N)ccc2n1. The van der Waals surface area contributed by atoms with Gasteiger partial charge in [-0.25, -0.2) is 0 Å². The van der Waals surface area contributed by atoms with E-state index in [1.165, 1.54) is 19.3 Å². The lowest BCUT2D eigenvalue weighted by molar-refractivity contribution is 0.760. The summed E-state index contributed by atoms with van der Waals surface area (Å²) >= 11 is 0. The topological polar surface area (TPSA) is 50.9 Å². The van der Waals surface area contributed by atoms with E-state index in [1.54, 1.807) is 0 Å². The zero-order chi connectivity index (χ0) is 12.5. The first kappa shape index (κ1) is 11.3. The molecule has 0 bridgehead atoms. The number of aromatic nitrogens is 1. The third-order valence-corrected chi connectivity index (χ3v) is 3.53. The summed E-state index contributed by atoms with van der Waals surface area (Å²) in [5.41, 5.74) is 9.87. The van der Waals surface area contributed by atoms with E-state index in [4.69, 9.17) is 5.73 Å². The second kappa shape index (κ2) is 4.48. The molecule has 0 spiro atoms. The molecule has 3 nitrogen and oxygen atoms in total. The molecule has 0 amide bonds. The van der Waals surface area contributed by atoms with Crippen LogP contribution in [-0.4, -0.2) is 11.5 Å². The van der Waals surface area contributed by atoms with E-state index < -0.39 is 0 Å². The first-order chi connectivity index (χ1) is 8.72. The number of nitrogen functional groups attached to an aromatic ring is 1. The zero-order valence-corrected chi connectivity index (χ0v) is 10.7. The predicted molar refractivity (Wildman–Crippen MR) is 76.7 cm³/mol. The predicted octanol–water partition coefficient (Wildman–Crippen LogP) is 3.34. The fraction of sp³-hybridized carbons (Fsp3) is 0.400. The lowest BCUT2D eigenvalue weighted by atomic mass is 10.1. The van der Waals surface area contributed by atoms with Crippen LogP contribution in [0.15, 0.2) is 24.3 Å². The van der Waals surface area contributed by atoms with E-state index in [0.29, 0.717) is 0 Å². The largest absolute Gasteiger partial charge is 0.399 e. The first-order valence-corrected chi connectivity index (χ1v) is 6.63. The summed E-state index contributed by atoms with van der Waals surface area (Å²) in [5, 5.41) is 4.65. The van der Waals surface area contributed by atoms with Crippen molar-refractivity contribution in [2.24, 2.45) is 5.92 Å². The van der Waals surface area contributed by atoms with E-state index in [0.717, 1.165) is 40.4 Å². The number of aryl methyl sites for hydroxylation is 1. The number of anilines is 2. The highest BCUT2D eigenvalue weighted by molar-refractivity contribution is 5.93. The number of pyridine rings is 1. The normalized spacial score (nSPS) is 14.9. The quantitative estimate of drug-likeness (QED) is 0.807. The fourth-order valence-electron chi connectivity index (χ4n) is 2.34. The van der Waals surface area contributed by atoms with Crippen molar-refractivity contribution in [3.05, 3.63) is 30.0 Å². The third kappa shape index (κ3) is 2.40. The van der Waals surface area contributed by atoms with Gasteiger partial charge in [-0.1, -0.05) is 12.8 Å². The number of nitrogens with zero attached hydrogens (tertiary/aromatic N) is 1. The fourth-order valence-corrected chi connectivity index (χ4v) is 2.34.